The van der Waals surface area contributed by atoms with Gasteiger partial charge in [-0.2, -0.15) is 5.26 Å². The molecule has 124 valence electrons. The number of rotatable bonds is 6. The van der Waals surface area contributed by atoms with E-state index in [1.165, 1.54) is 6.08 Å². The van der Waals surface area contributed by atoms with Crippen molar-refractivity contribution < 1.29 is 4.74 Å². The van der Waals surface area contributed by atoms with Crippen molar-refractivity contribution in [2.75, 3.05) is 7.11 Å². The van der Waals surface area contributed by atoms with Gasteiger partial charge in [0.25, 0.3) is 0 Å². The van der Waals surface area contributed by atoms with Crippen LogP contribution in [-0.4, -0.2) is 12.1 Å². The van der Waals surface area contributed by atoms with E-state index in [9.17, 15) is 0 Å². The Balaban J connectivity index is 2.31. The maximum absolute atomic E-state index is 8.68. The van der Waals surface area contributed by atoms with E-state index in [-0.39, 0.29) is 0 Å². The van der Waals surface area contributed by atoms with Gasteiger partial charge in [-0.25, -0.2) is 0 Å². The first-order chi connectivity index (χ1) is 12.2. The summed E-state index contributed by atoms with van der Waals surface area (Å²) in [7, 11) is 1.65. The molecule has 0 saturated heterocycles. The van der Waals surface area contributed by atoms with E-state index in [4.69, 9.17) is 10.00 Å². The van der Waals surface area contributed by atoms with Crippen LogP contribution < -0.4 is 4.74 Å². The predicted molar refractivity (Wildman–Crippen MR) is 103 cm³/mol. The Morgan fingerprint density at radius 3 is 2.60 bits per heavy atom. The number of methoxy groups -OCH3 is 1. The highest BCUT2D eigenvalue weighted by atomic mass is 16.5. The fourth-order valence-corrected chi connectivity index (χ4v) is 2.15. The van der Waals surface area contributed by atoms with Crippen LogP contribution in [0.15, 0.2) is 84.7 Å². The zero-order valence-corrected chi connectivity index (χ0v) is 14.4. The monoisotopic (exact) mass is 328 g/mol. The quantitative estimate of drug-likeness (QED) is 0.540. The topological polar surface area (TPSA) is 45.9 Å². The van der Waals surface area contributed by atoms with Crippen molar-refractivity contribution in [3.8, 4) is 11.8 Å². The molecule has 1 aromatic carbocycles. The summed E-state index contributed by atoms with van der Waals surface area (Å²) in [5.74, 6) is 0.822. The molecule has 0 saturated carbocycles. The first-order valence-corrected chi connectivity index (χ1v) is 7.90. The normalized spacial score (nSPS) is 12.5. The van der Waals surface area contributed by atoms with E-state index in [2.05, 4.69) is 4.98 Å². The number of pyridine rings is 1. The number of nitriles is 1. The van der Waals surface area contributed by atoms with Crippen molar-refractivity contribution in [1.29, 1.82) is 5.26 Å². The van der Waals surface area contributed by atoms with Crippen LogP contribution in [0.5, 0.6) is 5.75 Å². The number of nitrogens with zero attached hydrogens (tertiary/aromatic N) is 2. The van der Waals surface area contributed by atoms with Gasteiger partial charge in [0, 0.05) is 18.5 Å². The molecule has 0 unspecified atom stereocenters. The van der Waals surface area contributed by atoms with Crippen molar-refractivity contribution >= 4 is 11.6 Å². The molecule has 1 heterocycles. The van der Waals surface area contributed by atoms with Gasteiger partial charge in [0.2, 0.25) is 0 Å². The Bertz CT molecular complexity index is 836. The minimum Gasteiger partial charge on any atom is -0.497 e. The molecule has 0 amide bonds. The third-order valence-corrected chi connectivity index (χ3v) is 3.49. The Labute approximate surface area is 148 Å². The second-order valence-electron chi connectivity index (χ2n) is 5.35. The van der Waals surface area contributed by atoms with Crippen molar-refractivity contribution in [1.82, 2.24) is 4.98 Å². The SMILES string of the molecule is COc1ccc(C(=C\C=C\C(C)=C\C#N)/C=C/c2cccnc2)cc1. The molecule has 0 aliphatic rings. The molecule has 3 nitrogen and oxygen atoms in total. The van der Waals surface area contributed by atoms with Gasteiger partial charge < -0.3 is 4.74 Å². The lowest BCUT2D eigenvalue weighted by atomic mass is 10.0. The molecule has 0 N–H and O–H groups in total. The first-order valence-electron chi connectivity index (χ1n) is 7.90. The molecule has 3 heteroatoms. The molecule has 0 aliphatic carbocycles. The first kappa shape index (κ1) is 18.0. The van der Waals surface area contributed by atoms with Gasteiger partial charge in [-0.15, -0.1) is 0 Å². The average Bonchev–Trinajstić information content (AvgIpc) is 2.65. The summed E-state index contributed by atoms with van der Waals surface area (Å²) >= 11 is 0. The number of ether oxygens (including phenoxy) is 1. The smallest absolute Gasteiger partial charge is 0.118 e. The third kappa shape index (κ3) is 5.96. The number of benzene rings is 1. The lowest BCUT2D eigenvalue weighted by molar-refractivity contribution is 0.415. The second kappa shape index (κ2) is 9.69. The van der Waals surface area contributed by atoms with E-state index in [1.54, 1.807) is 13.3 Å². The highest BCUT2D eigenvalue weighted by Crippen LogP contribution is 2.21. The summed E-state index contributed by atoms with van der Waals surface area (Å²) in [4.78, 5) is 4.12. The second-order valence-corrected chi connectivity index (χ2v) is 5.35. The van der Waals surface area contributed by atoms with Gasteiger partial charge in [-0.1, -0.05) is 48.6 Å². The van der Waals surface area contributed by atoms with Crippen LogP contribution in [0.25, 0.3) is 11.6 Å². The summed E-state index contributed by atoms with van der Waals surface area (Å²) in [6.45, 7) is 1.89. The van der Waals surface area contributed by atoms with E-state index < -0.39 is 0 Å². The largest absolute Gasteiger partial charge is 0.497 e. The van der Waals surface area contributed by atoms with Gasteiger partial charge >= 0.3 is 0 Å². The number of aromatic nitrogens is 1. The number of allylic oxidation sites excluding steroid dienone is 7. The molecule has 0 spiro atoms. The number of hydrogen-bond acceptors (Lipinski definition) is 3. The lowest BCUT2D eigenvalue weighted by Crippen LogP contribution is -1.85. The van der Waals surface area contributed by atoms with E-state index in [1.807, 2.05) is 86.0 Å². The summed E-state index contributed by atoms with van der Waals surface area (Å²) in [6.07, 6.45) is 15.0. The maximum Gasteiger partial charge on any atom is 0.118 e. The minimum atomic E-state index is 0.822. The molecule has 0 atom stereocenters. The van der Waals surface area contributed by atoms with Gasteiger partial charge in [-0.3, -0.25) is 4.98 Å². The van der Waals surface area contributed by atoms with Crippen molar-refractivity contribution in [2.45, 2.75) is 6.92 Å². The molecule has 25 heavy (non-hydrogen) atoms. The Morgan fingerprint density at radius 1 is 1.16 bits per heavy atom. The highest BCUT2D eigenvalue weighted by Gasteiger charge is 1.98. The third-order valence-electron chi connectivity index (χ3n) is 3.49. The average molecular weight is 328 g/mol. The van der Waals surface area contributed by atoms with Gasteiger partial charge in [0.1, 0.15) is 5.75 Å². The molecule has 0 bridgehead atoms. The molecule has 2 rings (SSSR count). The van der Waals surface area contributed by atoms with Crippen LogP contribution >= 0.6 is 0 Å². The molecule has 1 aromatic heterocycles. The predicted octanol–water partition coefficient (Wildman–Crippen LogP) is 5.21. The standard InChI is InChI=1S/C22H20N2O/c1-18(14-15-23)5-3-7-20(9-8-19-6-4-16-24-17-19)21-10-12-22(25-2)13-11-21/h3-14,16-17H,1-2H3/b5-3+,9-8+,18-14+,20-7-. The summed E-state index contributed by atoms with van der Waals surface area (Å²) in [5, 5.41) is 8.68. The van der Waals surface area contributed by atoms with Crippen LogP contribution in [0.3, 0.4) is 0 Å². The zero-order chi connectivity index (χ0) is 17.9. The molecule has 2 aromatic rings. The van der Waals surface area contributed by atoms with Crippen molar-refractivity contribution in [3.05, 3.63) is 95.9 Å². The van der Waals surface area contributed by atoms with Crippen molar-refractivity contribution in [2.24, 2.45) is 0 Å². The minimum absolute atomic E-state index is 0.822. The van der Waals surface area contributed by atoms with Gasteiger partial charge in [0.05, 0.1) is 13.2 Å². The molecule has 0 aliphatic heterocycles. The zero-order valence-electron chi connectivity index (χ0n) is 14.4. The maximum atomic E-state index is 8.68. The van der Waals surface area contributed by atoms with Crippen LogP contribution in [0.1, 0.15) is 18.1 Å². The van der Waals surface area contributed by atoms with Crippen LogP contribution in [-0.2, 0) is 0 Å². The summed E-state index contributed by atoms with van der Waals surface area (Å²) < 4.78 is 5.22. The summed E-state index contributed by atoms with van der Waals surface area (Å²) in [5.41, 5.74) is 4.07. The Kier molecular flexibility index (Phi) is 6.96. The molecular formula is C22H20N2O. The number of hydrogen-bond donors (Lipinski definition) is 0. The highest BCUT2D eigenvalue weighted by molar-refractivity contribution is 5.80. The Morgan fingerprint density at radius 2 is 1.96 bits per heavy atom. The van der Waals surface area contributed by atoms with Gasteiger partial charge in [-0.05, 0) is 47.4 Å². The fraction of sp³-hybridized carbons (Fsp3) is 0.0909. The van der Waals surface area contributed by atoms with E-state index >= 15 is 0 Å². The Hall–Kier alpha value is -3.38. The van der Waals surface area contributed by atoms with Crippen LogP contribution in [0.4, 0.5) is 0 Å². The molecule has 0 fully saturated rings. The molecular weight excluding hydrogens is 308 g/mol. The van der Waals surface area contributed by atoms with E-state index in [0.29, 0.717) is 0 Å². The summed E-state index contributed by atoms with van der Waals surface area (Å²) in [6, 6.07) is 13.8. The van der Waals surface area contributed by atoms with Crippen LogP contribution in [0.2, 0.25) is 0 Å². The van der Waals surface area contributed by atoms with Crippen LogP contribution in [0, 0.1) is 11.3 Å². The van der Waals surface area contributed by atoms with Gasteiger partial charge in [0.15, 0.2) is 0 Å². The fourth-order valence-electron chi connectivity index (χ4n) is 2.15. The lowest BCUT2D eigenvalue weighted by Gasteiger charge is -2.04. The van der Waals surface area contributed by atoms with Crippen molar-refractivity contribution in [3.63, 3.8) is 0 Å². The molecule has 0 radical (unpaired) electrons. The van der Waals surface area contributed by atoms with E-state index in [0.717, 1.165) is 28.0 Å².